The topological polar surface area (TPSA) is 74.3 Å². The number of aryl methyl sites for hydroxylation is 2. The van der Waals surface area contributed by atoms with Crippen LogP contribution in [0.5, 0.6) is 0 Å². The van der Waals surface area contributed by atoms with Crippen LogP contribution >= 0.6 is 0 Å². The van der Waals surface area contributed by atoms with E-state index >= 15 is 0 Å². The van der Waals surface area contributed by atoms with Crippen LogP contribution < -0.4 is 15.5 Å². The van der Waals surface area contributed by atoms with Crippen molar-refractivity contribution >= 4 is 23.3 Å². The highest BCUT2D eigenvalue weighted by Crippen LogP contribution is 2.24. The van der Waals surface area contributed by atoms with E-state index in [0.29, 0.717) is 18.7 Å². The van der Waals surface area contributed by atoms with Gasteiger partial charge in [-0.15, -0.1) is 0 Å². The Hall–Kier alpha value is -2.89. The molecule has 1 aliphatic heterocycles. The van der Waals surface area contributed by atoms with Gasteiger partial charge in [-0.25, -0.2) is 4.79 Å². The van der Waals surface area contributed by atoms with E-state index in [2.05, 4.69) is 15.6 Å². The molecule has 1 fully saturated rings. The van der Waals surface area contributed by atoms with E-state index in [1.54, 1.807) is 29.4 Å². The Morgan fingerprint density at radius 3 is 2.62 bits per heavy atom. The molecule has 6 nitrogen and oxygen atoms in total. The molecule has 1 saturated heterocycles. The van der Waals surface area contributed by atoms with E-state index in [9.17, 15) is 9.59 Å². The van der Waals surface area contributed by atoms with Crippen LogP contribution in [0.2, 0.25) is 0 Å². The summed E-state index contributed by atoms with van der Waals surface area (Å²) >= 11 is 0. The SMILES string of the molecule is Cc1ccc(N2C[C@H](NC(=O)Nc3ccncc3)CC2=O)cc1C. The molecule has 3 rings (SSSR count). The van der Waals surface area contributed by atoms with E-state index in [0.717, 1.165) is 11.3 Å². The van der Waals surface area contributed by atoms with E-state index in [1.165, 1.54) is 5.56 Å². The lowest BCUT2D eigenvalue weighted by Crippen LogP contribution is -2.39. The molecule has 6 heteroatoms. The molecule has 0 spiro atoms. The average molecular weight is 324 g/mol. The van der Waals surface area contributed by atoms with Gasteiger partial charge in [0.25, 0.3) is 0 Å². The lowest BCUT2D eigenvalue weighted by Gasteiger charge is -2.18. The number of hydrogen-bond donors (Lipinski definition) is 2. The third-order valence-electron chi connectivity index (χ3n) is 4.20. The quantitative estimate of drug-likeness (QED) is 0.911. The second-order valence-corrected chi connectivity index (χ2v) is 6.01. The Balaban J connectivity index is 1.62. The minimum absolute atomic E-state index is 0.0208. The van der Waals surface area contributed by atoms with Crippen LogP contribution in [-0.2, 0) is 4.79 Å². The predicted molar refractivity (Wildman–Crippen MR) is 93.1 cm³/mol. The average Bonchev–Trinajstić information content (AvgIpc) is 2.91. The van der Waals surface area contributed by atoms with Gasteiger partial charge < -0.3 is 15.5 Å². The lowest BCUT2D eigenvalue weighted by atomic mass is 10.1. The summed E-state index contributed by atoms with van der Waals surface area (Å²) in [6.45, 7) is 4.54. The van der Waals surface area contributed by atoms with E-state index < -0.39 is 0 Å². The Kier molecular flexibility index (Phi) is 4.46. The lowest BCUT2D eigenvalue weighted by molar-refractivity contribution is -0.117. The van der Waals surface area contributed by atoms with Gasteiger partial charge in [-0.3, -0.25) is 9.78 Å². The highest BCUT2D eigenvalue weighted by molar-refractivity contribution is 5.97. The third kappa shape index (κ3) is 3.53. The number of carbonyl (C=O) groups is 2. The van der Waals surface area contributed by atoms with E-state index in [-0.39, 0.29) is 18.0 Å². The first-order valence-electron chi connectivity index (χ1n) is 7.88. The Morgan fingerprint density at radius 1 is 1.17 bits per heavy atom. The molecule has 124 valence electrons. The summed E-state index contributed by atoms with van der Waals surface area (Å²) in [5.74, 6) is 0.0208. The maximum Gasteiger partial charge on any atom is 0.319 e. The summed E-state index contributed by atoms with van der Waals surface area (Å²) in [5.41, 5.74) is 3.88. The first kappa shape index (κ1) is 16.0. The third-order valence-corrected chi connectivity index (χ3v) is 4.20. The van der Waals surface area contributed by atoms with Gasteiger partial charge in [0.2, 0.25) is 5.91 Å². The molecule has 1 atom stereocenters. The van der Waals surface area contributed by atoms with Crippen molar-refractivity contribution in [1.82, 2.24) is 10.3 Å². The number of nitrogens with one attached hydrogen (secondary N) is 2. The maximum atomic E-state index is 12.3. The van der Waals surface area contributed by atoms with Gasteiger partial charge in [0.1, 0.15) is 0 Å². The smallest absolute Gasteiger partial charge is 0.319 e. The van der Waals surface area contributed by atoms with Crippen molar-refractivity contribution in [3.8, 4) is 0 Å². The molecule has 2 N–H and O–H groups in total. The van der Waals surface area contributed by atoms with Crippen LogP contribution in [0.3, 0.4) is 0 Å². The molecule has 1 aromatic carbocycles. The van der Waals surface area contributed by atoms with Crippen molar-refractivity contribution in [1.29, 1.82) is 0 Å². The number of rotatable bonds is 3. The monoisotopic (exact) mass is 324 g/mol. The molecular weight excluding hydrogens is 304 g/mol. The minimum atomic E-state index is -0.319. The van der Waals surface area contributed by atoms with Crippen LogP contribution in [0.4, 0.5) is 16.2 Å². The van der Waals surface area contributed by atoms with E-state index in [1.807, 2.05) is 32.0 Å². The summed E-state index contributed by atoms with van der Waals surface area (Å²) in [6, 6.07) is 8.85. The van der Waals surface area contributed by atoms with Crippen LogP contribution in [0.25, 0.3) is 0 Å². The normalized spacial score (nSPS) is 17.0. The van der Waals surface area contributed by atoms with Crippen molar-refractivity contribution in [3.05, 3.63) is 53.9 Å². The Bertz CT molecular complexity index is 761. The molecule has 0 radical (unpaired) electrons. The number of benzene rings is 1. The number of pyridine rings is 1. The number of aromatic nitrogens is 1. The van der Waals surface area contributed by atoms with Crippen molar-refractivity contribution in [2.24, 2.45) is 0 Å². The van der Waals surface area contributed by atoms with Gasteiger partial charge in [0.05, 0.1) is 6.04 Å². The van der Waals surface area contributed by atoms with Crippen LogP contribution in [0.1, 0.15) is 17.5 Å². The van der Waals surface area contributed by atoms with Gasteiger partial charge in [0.15, 0.2) is 0 Å². The zero-order valence-electron chi connectivity index (χ0n) is 13.7. The highest BCUT2D eigenvalue weighted by atomic mass is 16.2. The number of carbonyl (C=O) groups excluding carboxylic acids is 2. The van der Waals surface area contributed by atoms with E-state index in [4.69, 9.17) is 0 Å². The second-order valence-electron chi connectivity index (χ2n) is 6.01. The molecule has 0 saturated carbocycles. The van der Waals surface area contributed by atoms with Crippen molar-refractivity contribution < 1.29 is 9.59 Å². The fourth-order valence-electron chi connectivity index (χ4n) is 2.74. The Labute approximate surface area is 140 Å². The summed E-state index contributed by atoms with van der Waals surface area (Å²) in [5, 5.41) is 5.59. The predicted octanol–water partition coefficient (Wildman–Crippen LogP) is 2.63. The molecule has 2 aromatic rings. The van der Waals surface area contributed by atoms with Gasteiger partial charge in [-0.1, -0.05) is 6.07 Å². The molecule has 3 amide bonds. The molecule has 1 aliphatic rings. The van der Waals surface area contributed by atoms with Gasteiger partial charge in [-0.2, -0.15) is 0 Å². The number of amides is 3. The first-order valence-corrected chi connectivity index (χ1v) is 7.88. The van der Waals surface area contributed by atoms with Crippen LogP contribution in [0.15, 0.2) is 42.7 Å². The number of nitrogens with zero attached hydrogens (tertiary/aromatic N) is 2. The zero-order chi connectivity index (χ0) is 17.1. The number of anilines is 2. The molecular formula is C18H20N4O2. The first-order chi connectivity index (χ1) is 11.5. The number of urea groups is 1. The molecule has 0 aliphatic carbocycles. The van der Waals surface area contributed by atoms with Gasteiger partial charge in [-0.05, 0) is 49.2 Å². The summed E-state index contributed by atoms with van der Waals surface area (Å²) in [6.07, 6.45) is 3.52. The molecule has 24 heavy (non-hydrogen) atoms. The summed E-state index contributed by atoms with van der Waals surface area (Å²) in [4.78, 5) is 29.9. The summed E-state index contributed by atoms with van der Waals surface area (Å²) in [7, 11) is 0. The van der Waals surface area contributed by atoms with Crippen LogP contribution in [0, 0.1) is 13.8 Å². The second kappa shape index (κ2) is 6.70. The number of hydrogen-bond acceptors (Lipinski definition) is 3. The summed E-state index contributed by atoms with van der Waals surface area (Å²) < 4.78 is 0. The van der Waals surface area contributed by atoms with Crippen molar-refractivity contribution in [3.63, 3.8) is 0 Å². The molecule has 2 heterocycles. The highest BCUT2D eigenvalue weighted by Gasteiger charge is 2.31. The fourth-order valence-corrected chi connectivity index (χ4v) is 2.74. The largest absolute Gasteiger partial charge is 0.333 e. The molecule has 0 bridgehead atoms. The van der Waals surface area contributed by atoms with Gasteiger partial charge >= 0.3 is 6.03 Å². The minimum Gasteiger partial charge on any atom is -0.333 e. The van der Waals surface area contributed by atoms with Gasteiger partial charge in [0, 0.05) is 36.7 Å². The van der Waals surface area contributed by atoms with Crippen molar-refractivity contribution in [2.75, 3.05) is 16.8 Å². The standard InChI is InChI=1S/C18H20N4O2/c1-12-3-4-16(9-13(12)2)22-11-15(10-17(22)23)21-18(24)20-14-5-7-19-8-6-14/h3-9,15H,10-11H2,1-2H3,(H2,19,20,21,24)/t15-/m1/s1. The zero-order valence-corrected chi connectivity index (χ0v) is 13.7. The molecule has 0 unspecified atom stereocenters. The fraction of sp³-hybridized carbons (Fsp3) is 0.278. The van der Waals surface area contributed by atoms with Crippen molar-refractivity contribution in [2.45, 2.75) is 26.3 Å². The van der Waals surface area contributed by atoms with Crippen LogP contribution in [-0.4, -0.2) is 29.5 Å². The maximum absolute atomic E-state index is 12.3. The molecule has 1 aromatic heterocycles. The Morgan fingerprint density at radius 2 is 1.92 bits per heavy atom.